The summed E-state index contributed by atoms with van der Waals surface area (Å²) in [5, 5.41) is 0.386. The van der Waals surface area contributed by atoms with Crippen LogP contribution in [0.1, 0.15) is 124 Å². The van der Waals surface area contributed by atoms with Gasteiger partial charge in [-0.3, -0.25) is 0 Å². The van der Waals surface area contributed by atoms with Crippen molar-refractivity contribution in [3.8, 4) is 0 Å². The second kappa shape index (κ2) is 17.0. The van der Waals surface area contributed by atoms with Gasteiger partial charge in [-0.2, -0.15) is 0 Å². The first-order chi connectivity index (χ1) is 22.6. The smallest absolute Gasteiger partial charge is 0.192 e. The molecule has 6 nitrogen and oxygen atoms in total. The Labute approximate surface area is 331 Å². The van der Waals surface area contributed by atoms with Gasteiger partial charge in [-0.1, -0.05) is 111 Å². The molecule has 0 bridgehead atoms. The van der Waals surface area contributed by atoms with Gasteiger partial charge in [0, 0.05) is 18.9 Å². The molecule has 1 fully saturated rings. The van der Waals surface area contributed by atoms with E-state index in [1.54, 1.807) is 0 Å². The highest BCUT2D eigenvalue weighted by Gasteiger charge is 2.52. The summed E-state index contributed by atoms with van der Waals surface area (Å²) in [6.45, 7) is 62.1. The quantitative estimate of drug-likeness (QED) is 0.153. The number of hydrogen-bond donors (Lipinski definition) is 0. The maximum Gasteiger partial charge on any atom is 0.192 e. The molecular formula is C41H92O6Si5. The summed E-state index contributed by atoms with van der Waals surface area (Å²) in [4.78, 5) is 0. The van der Waals surface area contributed by atoms with Crippen LogP contribution >= 0.6 is 0 Å². The van der Waals surface area contributed by atoms with Crippen LogP contribution in [0.5, 0.6) is 0 Å². The predicted molar refractivity (Wildman–Crippen MR) is 240 cm³/mol. The fourth-order valence-corrected chi connectivity index (χ4v) is 11.3. The van der Waals surface area contributed by atoms with E-state index >= 15 is 0 Å². The van der Waals surface area contributed by atoms with Gasteiger partial charge in [0.2, 0.25) is 0 Å². The van der Waals surface area contributed by atoms with Crippen molar-refractivity contribution in [2.45, 2.75) is 245 Å². The molecule has 0 spiro atoms. The largest absolute Gasteiger partial charge is 0.417 e. The van der Waals surface area contributed by atoms with Gasteiger partial charge in [0.15, 0.2) is 41.6 Å². The van der Waals surface area contributed by atoms with Crippen LogP contribution in [-0.2, 0) is 26.9 Å². The monoisotopic (exact) mass is 821 g/mol. The summed E-state index contributed by atoms with van der Waals surface area (Å²) < 4.78 is 43.8. The van der Waals surface area contributed by atoms with Crippen molar-refractivity contribution in [3.63, 3.8) is 0 Å². The minimum absolute atomic E-state index is 0.0152. The Morgan fingerprint density at radius 3 is 1.33 bits per heavy atom. The molecule has 0 radical (unpaired) electrons. The lowest BCUT2D eigenvalue weighted by molar-refractivity contribution is -0.179. The molecule has 0 aromatic heterocycles. The van der Waals surface area contributed by atoms with Gasteiger partial charge in [-0.25, -0.2) is 0 Å². The van der Waals surface area contributed by atoms with Crippen molar-refractivity contribution in [3.05, 3.63) is 0 Å². The normalized spacial score (nSPS) is 23.9. The first-order valence-corrected chi connectivity index (χ1v) is 35.1. The van der Waals surface area contributed by atoms with E-state index in [0.29, 0.717) is 13.2 Å². The Bertz CT molecular complexity index is 1120. The van der Waals surface area contributed by atoms with Crippen LogP contribution in [-0.4, -0.2) is 85.3 Å². The van der Waals surface area contributed by atoms with E-state index in [4.69, 9.17) is 26.9 Å². The molecule has 0 aromatic rings. The zero-order chi connectivity index (χ0) is 41.5. The van der Waals surface area contributed by atoms with E-state index in [1.165, 1.54) is 0 Å². The third-order valence-electron chi connectivity index (χ3n) is 14.5. The highest BCUT2D eigenvalue weighted by Crippen LogP contribution is 2.46. The molecule has 0 saturated carbocycles. The molecule has 0 aliphatic carbocycles. The van der Waals surface area contributed by atoms with Crippen molar-refractivity contribution in [2.24, 2.45) is 5.92 Å². The van der Waals surface area contributed by atoms with Gasteiger partial charge in [0.25, 0.3) is 0 Å². The Kier molecular flexibility index (Phi) is 16.6. The summed E-state index contributed by atoms with van der Waals surface area (Å²) in [7, 11) is -10.7. The lowest BCUT2D eigenvalue weighted by atomic mass is 9.86. The maximum atomic E-state index is 7.62. The van der Waals surface area contributed by atoms with E-state index in [-0.39, 0.29) is 61.6 Å². The van der Waals surface area contributed by atoms with Crippen LogP contribution in [0, 0.1) is 5.92 Å². The molecule has 11 heteroatoms. The highest BCUT2D eigenvalue weighted by molar-refractivity contribution is 6.76. The predicted octanol–water partition coefficient (Wildman–Crippen LogP) is 13.4. The first kappa shape index (κ1) is 50.9. The molecule has 0 amide bonds. The summed E-state index contributed by atoms with van der Waals surface area (Å²) in [5.41, 5.74) is 0. The zero-order valence-electron chi connectivity index (χ0n) is 39.7. The van der Waals surface area contributed by atoms with Gasteiger partial charge in [0.1, 0.15) is 0 Å². The minimum atomic E-state index is -2.30. The fourth-order valence-electron chi connectivity index (χ4n) is 5.15. The van der Waals surface area contributed by atoms with E-state index in [2.05, 4.69) is 176 Å². The van der Waals surface area contributed by atoms with Gasteiger partial charge in [0.05, 0.1) is 37.1 Å². The van der Waals surface area contributed by atoms with Crippen LogP contribution in [0.2, 0.25) is 90.7 Å². The average Bonchev–Trinajstić information content (AvgIpc) is 2.88. The summed E-state index contributed by atoms with van der Waals surface area (Å²) in [5.74, 6) is 0.227. The number of hydrogen-bond acceptors (Lipinski definition) is 6. The van der Waals surface area contributed by atoms with Crippen LogP contribution in [0.25, 0.3) is 0 Å². The third-order valence-corrected chi connectivity index (χ3v) is 37.1. The van der Waals surface area contributed by atoms with E-state index in [1.807, 2.05) is 0 Å². The number of ether oxygens (including phenoxy) is 1. The van der Waals surface area contributed by atoms with Crippen molar-refractivity contribution in [2.75, 3.05) is 13.2 Å². The Hall–Kier alpha value is 0.844. The molecule has 1 aliphatic heterocycles. The SMILES string of the molecule is C[C@@H]1[C@@H](O[Si](C)(C)C(C)(C)C)C[C@H]([C@@H](O[Si](C)(C)C(C)(C)C)[C@H](CO[Si](C)(C)C(C)(C)C)O[Si](C)(C)C(C)(C)C)O[C@@H]1CCO[Si](C)(C)C(C)(C)C. The summed E-state index contributed by atoms with van der Waals surface area (Å²) in [6, 6.07) is 0. The molecule has 1 rings (SSSR count). The highest BCUT2D eigenvalue weighted by atomic mass is 28.4. The minimum Gasteiger partial charge on any atom is -0.417 e. The molecular weight excluding hydrogens is 729 g/mol. The molecule has 1 heterocycles. The van der Waals surface area contributed by atoms with E-state index < -0.39 is 41.6 Å². The van der Waals surface area contributed by atoms with Crippen molar-refractivity contribution in [1.82, 2.24) is 0 Å². The standard InChI is InChI=1S/C41H92O6Si5/c1-31-32(27-28-42-48(17,18)37(2,3)4)44-34(29-33(31)45-50(21,22)39(8,9)10)36(47-52(25,26)41(14,15)16)35(46-51(23,24)40(11,12)13)30-43-49(19,20)38(5,6)7/h31-36H,27-30H2,1-26H3/t31-,32+,33-,34+,35-,36+/m0/s1. The van der Waals surface area contributed by atoms with Crippen LogP contribution in [0.3, 0.4) is 0 Å². The lowest BCUT2D eigenvalue weighted by Gasteiger charge is -2.52. The lowest BCUT2D eigenvalue weighted by Crippen LogP contribution is -2.61. The van der Waals surface area contributed by atoms with E-state index in [0.717, 1.165) is 12.8 Å². The van der Waals surface area contributed by atoms with Crippen molar-refractivity contribution < 1.29 is 26.9 Å². The molecule has 0 N–H and O–H groups in total. The zero-order valence-corrected chi connectivity index (χ0v) is 44.7. The summed E-state index contributed by atoms with van der Waals surface area (Å²) >= 11 is 0. The van der Waals surface area contributed by atoms with Gasteiger partial charge < -0.3 is 26.9 Å². The van der Waals surface area contributed by atoms with Crippen LogP contribution in [0.4, 0.5) is 0 Å². The van der Waals surface area contributed by atoms with Gasteiger partial charge in [-0.15, -0.1) is 0 Å². The van der Waals surface area contributed by atoms with E-state index in [9.17, 15) is 0 Å². The van der Waals surface area contributed by atoms with Crippen molar-refractivity contribution in [1.29, 1.82) is 0 Å². The number of rotatable bonds is 15. The Morgan fingerprint density at radius 1 is 0.538 bits per heavy atom. The molecule has 1 aliphatic rings. The molecule has 6 atom stereocenters. The molecule has 312 valence electrons. The molecule has 52 heavy (non-hydrogen) atoms. The Morgan fingerprint density at radius 2 is 0.923 bits per heavy atom. The topological polar surface area (TPSA) is 55.4 Å². The van der Waals surface area contributed by atoms with Crippen LogP contribution in [0.15, 0.2) is 0 Å². The second-order valence-electron chi connectivity index (χ2n) is 24.0. The Balaban J connectivity index is 3.93. The third kappa shape index (κ3) is 13.2. The molecule has 1 saturated heterocycles. The van der Waals surface area contributed by atoms with Gasteiger partial charge >= 0.3 is 0 Å². The molecule has 0 unspecified atom stereocenters. The first-order valence-electron chi connectivity index (χ1n) is 20.6. The molecule has 0 aromatic carbocycles. The second-order valence-corrected chi connectivity index (χ2v) is 47.8. The van der Waals surface area contributed by atoms with Crippen LogP contribution < -0.4 is 0 Å². The fraction of sp³-hybridized carbons (Fsp3) is 1.00. The average molecular weight is 822 g/mol. The summed E-state index contributed by atoms with van der Waals surface area (Å²) in [6.07, 6.45) is 0.904. The van der Waals surface area contributed by atoms with Crippen molar-refractivity contribution >= 4 is 41.6 Å². The maximum absolute atomic E-state index is 7.62. The van der Waals surface area contributed by atoms with Gasteiger partial charge in [-0.05, 0) is 97.1 Å².